The molecule has 0 saturated heterocycles. The fourth-order valence-corrected chi connectivity index (χ4v) is 3.13. The van der Waals surface area contributed by atoms with E-state index in [1.165, 1.54) is 24.4 Å². The van der Waals surface area contributed by atoms with Crippen LogP contribution in [0.1, 0.15) is 25.0 Å². The molecule has 2 nitrogen and oxygen atoms in total. The first kappa shape index (κ1) is 16.8. The largest absolute Gasteiger partial charge is 0.483 e. The van der Waals surface area contributed by atoms with Crippen LogP contribution in [0.25, 0.3) is 5.57 Å². The molecule has 0 N–H and O–H groups in total. The maximum absolute atomic E-state index is 14.1. The molecule has 1 aromatic carbocycles. The van der Waals surface area contributed by atoms with Crippen molar-refractivity contribution in [3.63, 3.8) is 0 Å². The fourth-order valence-electron chi connectivity index (χ4n) is 2.55. The Morgan fingerprint density at radius 1 is 1.12 bits per heavy atom. The van der Waals surface area contributed by atoms with E-state index in [0.717, 1.165) is 0 Å². The molecule has 2 heterocycles. The summed E-state index contributed by atoms with van der Waals surface area (Å²) in [5.74, 6) is -0.270. The molecular formula is C17H13F4NOS. The SMILES string of the molecule is CC1(C)C=C(c2cccnc2F)c2cc(SC(F)(F)F)ccc2O1. The van der Waals surface area contributed by atoms with E-state index in [1.54, 1.807) is 32.1 Å². The molecule has 3 rings (SSSR count). The summed E-state index contributed by atoms with van der Waals surface area (Å²) in [6, 6.07) is 7.31. The van der Waals surface area contributed by atoms with Crippen molar-refractivity contribution in [2.24, 2.45) is 0 Å². The number of thioether (sulfide) groups is 1. The third-order valence-corrected chi connectivity index (χ3v) is 4.11. The molecule has 2 aromatic rings. The van der Waals surface area contributed by atoms with E-state index in [2.05, 4.69) is 4.98 Å². The van der Waals surface area contributed by atoms with Gasteiger partial charge in [0.25, 0.3) is 0 Å². The molecule has 0 atom stereocenters. The number of rotatable bonds is 2. The Labute approximate surface area is 140 Å². The van der Waals surface area contributed by atoms with Crippen molar-refractivity contribution in [2.75, 3.05) is 0 Å². The Hall–Kier alpha value is -2.02. The molecule has 0 amide bonds. The van der Waals surface area contributed by atoms with Crippen LogP contribution in [0.3, 0.4) is 0 Å². The summed E-state index contributed by atoms with van der Waals surface area (Å²) in [5.41, 5.74) is -4.01. The lowest BCUT2D eigenvalue weighted by Gasteiger charge is -2.31. The van der Waals surface area contributed by atoms with Gasteiger partial charge in [-0.1, -0.05) is 0 Å². The number of halogens is 4. The van der Waals surface area contributed by atoms with Gasteiger partial charge in [-0.05, 0) is 67.6 Å². The lowest BCUT2D eigenvalue weighted by molar-refractivity contribution is -0.0328. The molecule has 0 bridgehead atoms. The molecule has 0 spiro atoms. The number of hydrogen-bond donors (Lipinski definition) is 0. The number of benzene rings is 1. The Morgan fingerprint density at radius 2 is 1.88 bits per heavy atom. The molecule has 0 unspecified atom stereocenters. The maximum Gasteiger partial charge on any atom is 0.446 e. The van der Waals surface area contributed by atoms with E-state index in [9.17, 15) is 17.6 Å². The summed E-state index contributed by atoms with van der Waals surface area (Å²) >= 11 is -0.217. The van der Waals surface area contributed by atoms with Crippen molar-refractivity contribution in [2.45, 2.75) is 29.9 Å². The van der Waals surface area contributed by atoms with Gasteiger partial charge in [-0.2, -0.15) is 17.6 Å². The number of fused-ring (bicyclic) bond motifs is 1. The van der Waals surface area contributed by atoms with E-state index in [1.807, 2.05) is 0 Å². The zero-order valence-corrected chi connectivity index (χ0v) is 13.6. The number of hydrogen-bond acceptors (Lipinski definition) is 3. The van der Waals surface area contributed by atoms with Gasteiger partial charge in [0.1, 0.15) is 11.4 Å². The predicted molar refractivity (Wildman–Crippen MR) is 84.3 cm³/mol. The zero-order valence-electron chi connectivity index (χ0n) is 12.8. The molecule has 7 heteroatoms. The van der Waals surface area contributed by atoms with E-state index < -0.39 is 17.1 Å². The topological polar surface area (TPSA) is 22.1 Å². The highest BCUT2D eigenvalue weighted by Gasteiger charge is 2.32. The average molecular weight is 355 g/mol. The fraction of sp³-hybridized carbons (Fsp3) is 0.235. The van der Waals surface area contributed by atoms with Crippen LogP contribution in [0.2, 0.25) is 0 Å². The van der Waals surface area contributed by atoms with Gasteiger partial charge in [-0.25, -0.2) is 4.98 Å². The van der Waals surface area contributed by atoms with Crippen LogP contribution in [0.15, 0.2) is 47.5 Å². The van der Waals surface area contributed by atoms with Crippen molar-refractivity contribution >= 4 is 17.3 Å². The highest BCUT2D eigenvalue weighted by molar-refractivity contribution is 8.00. The average Bonchev–Trinajstić information content (AvgIpc) is 2.45. The number of pyridine rings is 1. The number of alkyl halides is 3. The Bertz CT molecular complexity index is 814. The lowest BCUT2D eigenvalue weighted by Crippen LogP contribution is -2.29. The van der Waals surface area contributed by atoms with Gasteiger partial charge in [-0.15, -0.1) is 0 Å². The number of ether oxygens (including phenoxy) is 1. The Balaban J connectivity index is 2.14. The molecule has 0 radical (unpaired) electrons. The standard InChI is InChI=1S/C17H13F4NOS/c1-16(2)9-13(11-4-3-7-22-15(11)18)12-8-10(24-17(19,20)21)5-6-14(12)23-16/h3-9H,1-2H3. The molecule has 1 aromatic heterocycles. The minimum absolute atomic E-state index is 0.0137. The van der Waals surface area contributed by atoms with E-state index in [-0.39, 0.29) is 22.2 Å². The minimum Gasteiger partial charge on any atom is -0.483 e. The predicted octanol–water partition coefficient (Wildman–Crippen LogP) is 5.44. The van der Waals surface area contributed by atoms with Crippen molar-refractivity contribution in [1.82, 2.24) is 4.98 Å². The first-order valence-corrected chi connectivity index (χ1v) is 7.89. The molecule has 24 heavy (non-hydrogen) atoms. The van der Waals surface area contributed by atoms with E-state index in [0.29, 0.717) is 16.9 Å². The molecule has 1 aliphatic heterocycles. The summed E-state index contributed by atoms with van der Waals surface area (Å²) < 4.78 is 57.8. The lowest BCUT2D eigenvalue weighted by atomic mass is 9.90. The normalized spacial score (nSPS) is 16.2. The van der Waals surface area contributed by atoms with Crippen molar-refractivity contribution in [3.8, 4) is 5.75 Å². The summed E-state index contributed by atoms with van der Waals surface area (Å²) in [4.78, 5) is 3.64. The number of nitrogens with zero attached hydrogens (tertiary/aromatic N) is 1. The van der Waals surface area contributed by atoms with Gasteiger partial charge >= 0.3 is 5.51 Å². The highest BCUT2D eigenvalue weighted by Crippen LogP contribution is 2.44. The Morgan fingerprint density at radius 3 is 2.54 bits per heavy atom. The number of aromatic nitrogens is 1. The third kappa shape index (κ3) is 3.56. The van der Waals surface area contributed by atoms with Crippen molar-refractivity contribution in [3.05, 3.63) is 59.7 Å². The van der Waals surface area contributed by atoms with Gasteiger partial charge in [-0.3, -0.25) is 0 Å². The van der Waals surface area contributed by atoms with Crippen molar-refractivity contribution in [1.29, 1.82) is 0 Å². The van der Waals surface area contributed by atoms with Crippen LogP contribution in [0.5, 0.6) is 5.75 Å². The van der Waals surface area contributed by atoms with Gasteiger partial charge in [0.15, 0.2) is 0 Å². The molecule has 126 valence electrons. The Kier molecular flexibility index (Phi) is 4.07. The van der Waals surface area contributed by atoms with Crippen LogP contribution in [-0.2, 0) is 0 Å². The summed E-state index contributed by atoms with van der Waals surface area (Å²) in [7, 11) is 0. The van der Waals surface area contributed by atoms with Crippen LogP contribution in [0, 0.1) is 5.95 Å². The monoisotopic (exact) mass is 355 g/mol. The maximum atomic E-state index is 14.1. The molecular weight excluding hydrogens is 342 g/mol. The third-order valence-electron chi connectivity index (χ3n) is 3.39. The van der Waals surface area contributed by atoms with E-state index >= 15 is 0 Å². The van der Waals surface area contributed by atoms with Crippen LogP contribution >= 0.6 is 11.8 Å². The van der Waals surface area contributed by atoms with Crippen LogP contribution < -0.4 is 4.74 Å². The molecule has 0 saturated carbocycles. The van der Waals surface area contributed by atoms with Crippen molar-refractivity contribution < 1.29 is 22.3 Å². The highest BCUT2D eigenvalue weighted by atomic mass is 32.2. The van der Waals surface area contributed by atoms with E-state index in [4.69, 9.17) is 4.74 Å². The second-order valence-corrected chi connectivity index (χ2v) is 6.95. The summed E-state index contributed by atoms with van der Waals surface area (Å²) in [6.07, 6.45) is 3.01. The molecule has 0 aliphatic carbocycles. The summed E-state index contributed by atoms with van der Waals surface area (Å²) in [6.45, 7) is 3.59. The smallest absolute Gasteiger partial charge is 0.446 e. The van der Waals surface area contributed by atoms with Gasteiger partial charge < -0.3 is 4.74 Å². The first-order valence-electron chi connectivity index (χ1n) is 7.07. The molecule has 1 aliphatic rings. The van der Waals surface area contributed by atoms with Gasteiger partial charge in [0.2, 0.25) is 5.95 Å². The van der Waals surface area contributed by atoms with Crippen LogP contribution in [0.4, 0.5) is 17.6 Å². The zero-order chi connectivity index (χ0) is 17.5. The molecule has 0 fully saturated rings. The quantitative estimate of drug-likeness (QED) is 0.407. The summed E-state index contributed by atoms with van der Waals surface area (Å²) in [5, 5.41) is 0. The van der Waals surface area contributed by atoms with Crippen LogP contribution in [-0.4, -0.2) is 16.1 Å². The van der Waals surface area contributed by atoms with Gasteiger partial charge in [0.05, 0.1) is 0 Å². The van der Waals surface area contributed by atoms with Gasteiger partial charge in [0, 0.05) is 22.2 Å². The first-order chi connectivity index (χ1) is 11.1. The second-order valence-electron chi connectivity index (χ2n) is 5.81. The second kappa shape index (κ2) is 5.81. The minimum atomic E-state index is -4.40.